The van der Waals surface area contributed by atoms with Crippen molar-refractivity contribution < 1.29 is 31.5 Å². The fraction of sp³-hybridized carbons (Fsp3) is 0.167. The van der Waals surface area contributed by atoms with E-state index >= 15 is 0 Å². The number of benzene rings is 3. The molecular formula is C24H14Cl3F5N2O2. The van der Waals surface area contributed by atoms with Crippen molar-refractivity contribution in [1.82, 2.24) is 0 Å². The van der Waals surface area contributed by atoms with Gasteiger partial charge < -0.3 is 10.6 Å². The number of carbonyl (C=O) groups is 2. The lowest BCUT2D eigenvalue weighted by Gasteiger charge is -2.11. The summed E-state index contributed by atoms with van der Waals surface area (Å²) in [7, 11) is 0. The highest BCUT2D eigenvalue weighted by molar-refractivity contribution is 6.53. The molecule has 188 valence electrons. The first-order chi connectivity index (χ1) is 16.8. The second-order valence-corrected chi connectivity index (χ2v) is 9.84. The van der Waals surface area contributed by atoms with Crippen molar-refractivity contribution in [3.63, 3.8) is 0 Å². The van der Waals surface area contributed by atoms with E-state index in [2.05, 4.69) is 10.6 Å². The van der Waals surface area contributed by atoms with E-state index < -0.39 is 57.0 Å². The maximum Gasteiger partial charge on any atom is 0.416 e. The lowest BCUT2D eigenvalue weighted by Crippen LogP contribution is -2.18. The van der Waals surface area contributed by atoms with Crippen LogP contribution in [-0.2, 0) is 11.0 Å². The number of hydrogen-bond donors (Lipinski definition) is 2. The molecule has 1 aliphatic rings. The minimum absolute atomic E-state index is 0.0552. The molecule has 0 saturated heterocycles. The number of hydrogen-bond acceptors (Lipinski definition) is 2. The van der Waals surface area contributed by atoms with Gasteiger partial charge in [-0.15, -0.1) is 23.2 Å². The van der Waals surface area contributed by atoms with E-state index in [1.807, 2.05) is 0 Å². The molecule has 1 saturated carbocycles. The van der Waals surface area contributed by atoms with Gasteiger partial charge in [0.2, 0.25) is 5.91 Å². The Morgan fingerprint density at radius 3 is 2.08 bits per heavy atom. The van der Waals surface area contributed by atoms with Gasteiger partial charge in [-0.1, -0.05) is 29.8 Å². The van der Waals surface area contributed by atoms with E-state index in [1.54, 1.807) is 0 Å². The van der Waals surface area contributed by atoms with Crippen LogP contribution in [0.4, 0.5) is 33.3 Å². The lowest BCUT2D eigenvalue weighted by atomic mass is 10.1. The molecule has 0 aliphatic heterocycles. The van der Waals surface area contributed by atoms with Gasteiger partial charge in [-0.2, -0.15) is 13.2 Å². The highest BCUT2D eigenvalue weighted by Crippen LogP contribution is 2.65. The van der Waals surface area contributed by atoms with Crippen LogP contribution in [0.5, 0.6) is 0 Å². The fourth-order valence-electron chi connectivity index (χ4n) is 3.74. The van der Waals surface area contributed by atoms with Crippen LogP contribution < -0.4 is 10.6 Å². The number of alkyl halides is 5. The van der Waals surface area contributed by atoms with Gasteiger partial charge in [-0.25, -0.2) is 8.78 Å². The molecule has 2 amide bonds. The number of anilines is 2. The molecule has 0 bridgehead atoms. The minimum Gasteiger partial charge on any atom is -0.326 e. The van der Waals surface area contributed by atoms with Crippen LogP contribution in [-0.4, -0.2) is 16.1 Å². The van der Waals surface area contributed by atoms with Crippen molar-refractivity contribution in [3.8, 4) is 0 Å². The van der Waals surface area contributed by atoms with E-state index in [4.69, 9.17) is 34.8 Å². The van der Waals surface area contributed by atoms with Gasteiger partial charge in [0.1, 0.15) is 21.7 Å². The third-order valence-electron chi connectivity index (χ3n) is 5.61. The molecule has 0 aromatic heterocycles. The van der Waals surface area contributed by atoms with Gasteiger partial charge in [0.15, 0.2) is 0 Å². The molecule has 2 atom stereocenters. The zero-order valence-corrected chi connectivity index (χ0v) is 20.0. The van der Waals surface area contributed by atoms with E-state index in [0.717, 1.165) is 30.3 Å². The second-order valence-electron chi connectivity index (χ2n) is 7.98. The van der Waals surface area contributed by atoms with Crippen LogP contribution in [0.25, 0.3) is 0 Å². The van der Waals surface area contributed by atoms with Gasteiger partial charge in [0, 0.05) is 11.6 Å². The first-order valence-corrected chi connectivity index (χ1v) is 11.3. The first kappa shape index (κ1) is 26.2. The number of rotatable bonds is 5. The molecule has 3 aromatic carbocycles. The highest BCUT2D eigenvalue weighted by atomic mass is 35.5. The largest absolute Gasteiger partial charge is 0.416 e. The third kappa shape index (κ3) is 5.14. The molecule has 0 radical (unpaired) electrons. The van der Waals surface area contributed by atoms with E-state index in [1.165, 1.54) is 30.3 Å². The van der Waals surface area contributed by atoms with Gasteiger partial charge in [-0.3, -0.25) is 9.59 Å². The van der Waals surface area contributed by atoms with E-state index in [9.17, 15) is 31.5 Å². The zero-order valence-electron chi connectivity index (χ0n) is 17.8. The molecule has 36 heavy (non-hydrogen) atoms. The molecule has 0 heterocycles. The molecule has 4 rings (SSSR count). The van der Waals surface area contributed by atoms with Gasteiger partial charge in [-0.05, 0) is 48.0 Å². The summed E-state index contributed by atoms with van der Waals surface area (Å²) in [5.74, 6) is -5.35. The monoisotopic (exact) mass is 562 g/mol. The smallest absolute Gasteiger partial charge is 0.326 e. The first-order valence-electron chi connectivity index (χ1n) is 10.2. The molecule has 0 unspecified atom stereocenters. The maximum absolute atomic E-state index is 13.9. The Balaban J connectivity index is 1.50. The maximum atomic E-state index is 13.9. The number of amides is 2. The Hall–Kier alpha value is -2.88. The Labute approximate surface area is 216 Å². The number of halogens is 8. The average molecular weight is 564 g/mol. The predicted molar refractivity (Wildman–Crippen MR) is 127 cm³/mol. The lowest BCUT2D eigenvalue weighted by molar-refractivity contribution is -0.137. The number of para-hydroxylation sites is 1. The van der Waals surface area contributed by atoms with Crippen LogP contribution in [0.1, 0.15) is 27.4 Å². The second kappa shape index (κ2) is 9.53. The molecule has 4 nitrogen and oxygen atoms in total. The molecule has 2 N–H and O–H groups in total. The van der Waals surface area contributed by atoms with Crippen LogP contribution in [0, 0.1) is 17.6 Å². The quantitative estimate of drug-likeness (QED) is 0.251. The predicted octanol–water partition coefficient (Wildman–Crippen LogP) is 7.42. The fourth-order valence-corrected chi connectivity index (χ4v) is 4.77. The highest BCUT2D eigenvalue weighted by Gasteiger charge is 2.67. The number of carbonyl (C=O) groups excluding carboxylic acids is 2. The molecule has 1 fully saturated rings. The normalized spacial score (nSPS) is 18.4. The van der Waals surface area contributed by atoms with E-state index in [0.29, 0.717) is 5.56 Å². The Morgan fingerprint density at radius 1 is 0.889 bits per heavy atom. The van der Waals surface area contributed by atoms with Crippen molar-refractivity contribution in [3.05, 3.63) is 94.0 Å². The summed E-state index contributed by atoms with van der Waals surface area (Å²) in [4.78, 5) is 25.5. The van der Waals surface area contributed by atoms with Crippen molar-refractivity contribution in [2.75, 3.05) is 10.6 Å². The Morgan fingerprint density at radius 2 is 1.50 bits per heavy atom. The Kier molecular flexibility index (Phi) is 6.94. The molecular weight excluding hydrogens is 550 g/mol. The minimum atomic E-state index is -4.52. The van der Waals surface area contributed by atoms with Crippen molar-refractivity contribution in [2.45, 2.75) is 16.4 Å². The third-order valence-corrected chi connectivity index (χ3v) is 6.88. The van der Waals surface area contributed by atoms with E-state index in [-0.39, 0.29) is 16.3 Å². The summed E-state index contributed by atoms with van der Waals surface area (Å²) in [5, 5.41) is 4.57. The summed E-state index contributed by atoms with van der Waals surface area (Å²) < 4.78 is 64.7. The van der Waals surface area contributed by atoms with Crippen molar-refractivity contribution >= 4 is 58.0 Å². The van der Waals surface area contributed by atoms with Crippen molar-refractivity contribution in [2.24, 2.45) is 5.92 Å². The summed E-state index contributed by atoms with van der Waals surface area (Å²) in [6, 6.07) is 11.1. The standard InChI is InChI=1S/C24H14Cl3F5N2O2/c25-15-9-8-13(10-14(15)21(35)34-20-16(28)2-1-3-17(20)29)33-22(36)19-18(23(19,26)27)11-4-6-12(7-5-11)24(30,31)32/h1-10,18-19H,(H,33,36)(H,34,35)/t18-,19+/m0/s1. The average Bonchev–Trinajstić information content (AvgIpc) is 3.39. The Bertz CT molecular complexity index is 1330. The van der Waals surface area contributed by atoms with Crippen LogP contribution in [0.2, 0.25) is 5.02 Å². The summed E-state index contributed by atoms with van der Waals surface area (Å²) in [6.07, 6.45) is -4.52. The SMILES string of the molecule is O=C(Nc1c(F)cccc1F)c1cc(NC(=O)[C@H]2[C@H](c3ccc(C(F)(F)F)cc3)C2(Cl)Cl)ccc1Cl. The van der Waals surface area contributed by atoms with Gasteiger partial charge in [0.05, 0.1) is 22.1 Å². The van der Waals surface area contributed by atoms with Crippen LogP contribution in [0.3, 0.4) is 0 Å². The zero-order chi connectivity index (χ0) is 26.4. The number of nitrogens with one attached hydrogen (secondary N) is 2. The molecule has 1 aliphatic carbocycles. The molecule has 0 spiro atoms. The van der Waals surface area contributed by atoms with Crippen LogP contribution in [0.15, 0.2) is 60.7 Å². The van der Waals surface area contributed by atoms with Crippen LogP contribution >= 0.6 is 34.8 Å². The van der Waals surface area contributed by atoms with Gasteiger partial charge in [0.25, 0.3) is 5.91 Å². The summed E-state index contributed by atoms with van der Waals surface area (Å²) in [5.41, 5.74) is -1.26. The summed E-state index contributed by atoms with van der Waals surface area (Å²) >= 11 is 18.6. The molecule has 3 aromatic rings. The topological polar surface area (TPSA) is 58.2 Å². The van der Waals surface area contributed by atoms with Gasteiger partial charge >= 0.3 is 6.18 Å². The van der Waals surface area contributed by atoms with Crippen molar-refractivity contribution in [1.29, 1.82) is 0 Å². The molecule has 12 heteroatoms. The summed E-state index contributed by atoms with van der Waals surface area (Å²) in [6.45, 7) is 0.